The molecule has 1 aromatic carbocycles. The maximum absolute atomic E-state index is 11.9. The lowest BCUT2D eigenvalue weighted by Gasteiger charge is -2.19. The van der Waals surface area contributed by atoms with Crippen LogP contribution in [0.15, 0.2) is 23.7 Å². The first-order valence-electron chi connectivity index (χ1n) is 5.78. The molecular weight excluding hydrogens is 298 g/mol. The number of fused-ring (bicyclic) bond motifs is 1. The van der Waals surface area contributed by atoms with Crippen molar-refractivity contribution in [2.24, 2.45) is 0 Å². The highest BCUT2D eigenvalue weighted by atomic mass is 32.1. The predicted octanol–water partition coefficient (Wildman–Crippen LogP) is 1.30. The number of amides is 2. The number of thiazole rings is 1. The van der Waals surface area contributed by atoms with E-state index in [4.69, 9.17) is 10.2 Å². The Labute approximate surface area is 122 Å². The van der Waals surface area contributed by atoms with Gasteiger partial charge in [-0.05, 0) is 18.2 Å². The topological polar surface area (TPSA) is 120 Å². The second-order valence-corrected chi connectivity index (χ2v) is 4.99. The van der Waals surface area contributed by atoms with Crippen LogP contribution < -0.4 is 5.32 Å². The van der Waals surface area contributed by atoms with Crippen LogP contribution in [0.25, 0.3) is 10.2 Å². The lowest BCUT2D eigenvalue weighted by Crippen LogP contribution is -2.41. The molecule has 0 unspecified atom stereocenters. The number of anilines is 1. The standard InChI is InChI=1S/C12H11N3O5S/c16-10(17)4-15(5-11(18)19)12(20)14-7-1-2-8-9(3-7)21-6-13-8/h1-3,6H,4-5H2,(H,14,20)(H,16,17)(H,18,19). The van der Waals surface area contributed by atoms with Crippen molar-refractivity contribution in [2.45, 2.75) is 0 Å². The van der Waals surface area contributed by atoms with Crippen LogP contribution in [-0.4, -0.2) is 51.2 Å². The number of urea groups is 1. The average Bonchev–Trinajstić information content (AvgIpc) is 2.84. The van der Waals surface area contributed by atoms with Crippen LogP contribution in [0.2, 0.25) is 0 Å². The molecule has 2 amide bonds. The summed E-state index contributed by atoms with van der Waals surface area (Å²) in [6, 6.07) is 4.22. The summed E-state index contributed by atoms with van der Waals surface area (Å²) in [7, 11) is 0. The molecule has 0 atom stereocenters. The number of benzene rings is 1. The number of carboxylic acids is 2. The number of carbonyl (C=O) groups is 3. The third-order valence-corrected chi connectivity index (χ3v) is 3.31. The Morgan fingerprint density at radius 2 is 1.86 bits per heavy atom. The van der Waals surface area contributed by atoms with E-state index < -0.39 is 31.1 Å². The predicted molar refractivity (Wildman–Crippen MR) is 75.5 cm³/mol. The van der Waals surface area contributed by atoms with Gasteiger partial charge in [-0.2, -0.15) is 0 Å². The molecule has 2 rings (SSSR count). The molecule has 0 aliphatic carbocycles. The molecule has 0 radical (unpaired) electrons. The first-order valence-corrected chi connectivity index (χ1v) is 6.66. The zero-order valence-corrected chi connectivity index (χ0v) is 11.5. The van der Waals surface area contributed by atoms with Gasteiger partial charge in [-0.25, -0.2) is 9.78 Å². The van der Waals surface area contributed by atoms with Crippen molar-refractivity contribution in [3.05, 3.63) is 23.7 Å². The van der Waals surface area contributed by atoms with E-state index in [0.29, 0.717) is 10.6 Å². The number of aromatic nitrogens is 1. The van der Waals surface area contributed by atoms with E-state index in [1.165, 1.54) is 11.3 Å². The normalized spacial score (nSPS) is 10.3. The second-order valence-electron chi connectivity index (χ2n) is 4.11. The van der Waals surface area contributed by atoms with Crippen molar-refractivity contribution >= 4 is 45.2 Å². The molecule has 8 nitrogen and oxygen atoms in total. The summed E-state index contributed by atoms with van der Waals surface area (Å²) < 4.78 is 0.857. The molecule has 0 spiro atoms. The van der Waals surface area contributed by atoms with Crippen LogP contribution in [0.3, 0.4) is 0 Å². The van der Waals surface area contributed by atoms with Gasteiger partial charge in [-0.1, -0.05) is 0 Å². The highest BCUT2D eigenvalue weighted by molar-refractivity contribution is 7.16. The summed E-state index contributed by atoms with van der Waals surface area (Å²) in [6.45, 7) is -1.39. The van der Waals surface area contributed by atoms with Gasteiger partial charge < -0.3 is 20.4 Å². The summed E-state index contributed by atoms with van der Waals surface area (Å²) in [4.78, 5) is 38.1. The van der Waals surface area contributed by atoms with Crippen LogP contribution >= 0.6 is 11.3 Å². The van der Waals surface area contributed by atoms with Crippen LogP contribution in [0.1, 0.15) is 0 Å². The molecule has 0 bridgehead atoms. The van der Waals surface area contributed by atoms with Crippen LogP contribution in [-0.2, 0) is 9.59 Å². The fourth-order valence-corrected chi connectivity index (χ4v) is 2.38. The zero-order valence-electron chi connectivity index (χ0n) is 10.6. The molecule has 0 aliphatic rings. The van der Waals surface area contributed by atoms with E-state index in [0.717, 1.165) is 10.2 Å². The number of rotatable bonds is 5. The first-order chi connectivity index (χ1) is 9.95. The summed E-state index contributed by atoms with van der Waals surface area (Å²) in [5.74, 6) is -2.58. The summed E-state index contributed by atoms with van der Waals surface area (Å²) in [6.07, 6.45) is 0. The minimum absolute atomic E-state index is 0.442. The number of carboxylic acid groups (broad SMARTS) is 2. The van der Waals surface area contributed by atoms with Crippen LogP contribution in [0.5, 0.6) is 0 Å². The molecule has 0 saturated heterocycles. The Morgan fingerprint density at radius 1 is 1.19 bits per heavy atom. The molecule has 2 aromatic rings. The van der Waals surface area contributed by atoms with Crippen LogP contribution in [0, 0.1) is 0 Å². The number of carbonyl (C=O) groups excluding carboxylic acids is 1. The largest absolute Gasteiger partial charge is 0.480 e. The van der Waals surface area contributed by atoms with E-state index in [1.807, 2.05) is 0 Å². The van der Waals surface area contributed by atoms with Gasteiger partial charge in [0.15, 0.2) is 0 Å². The van der Waals surface area contributed by atoms with Crippen LogP contribution in [0.4, 0.5) is 10.5 Å². The number of hydrogen-bond donors (Lipinski definition) is 3. The van der Waals surface area contributed by atoms with E-state index in [9.17, 15) is 14.4 Å². The third-order valence-electron chi connectivity index (χ3n) is 2.52. The molecule has 21 heavy (non-hydrogen) atoms. The highest BCUT2D eigenvalue weighted by Gasteiger charge is 2.19. The van der Waals surface area contributed by atoms with Crippen molar-refractivity contribution in [2.75, 3.05) is 18.4 Å². The average molecular weight is 309 g/mol. The smallest absolute Gasteiger partial charge is 0.323 e. The Kier molecular flexibility index (Phi) is 4.33. The van der Waals surface area contributed by atoms with Crippen molar-refractivity contribution < 1.29 is 24.6 Å². The van der Waals surface area contributed by atoms with Gasteiger partial charge in [0.05, 0.1) is 15.7 Å². The van der Waals surface area contributed by atoms with Gasteiger partial charge in [-0.15, -0.1) is 11.3 Å². The Morgan fingerprint density at radius 3 is 2.48 bits per heavy atom. The van der Waals surface area contributed by atoms with Gasteiger partial charge in [-0.3, -0.25) is 9.59 Å². The number of nitrogens with zero attached hydrogens (tertiary/aromatic N) is 2. The van der Waals surface area contributed by atoms with Crippen molar-refractivity contribution in [1.29, 1.82) is 0 Å². The molecule has 110 valence electrons. The molecule has 1 heterocycles. The third kappa shape index (κ3) is 3.89. The first kappa shape index (κ1) is 14.7. The number of nitrogens with one attached hydrogen (secondary N) is 1. The van der Waals surface area contributed by atoms with Gasteiger partial charge >= 0.3 is 18.0 Å². The monoisotopic (exact) mass is 309 g/mol. The Bertz CT molecular complexity index is 683. The van der Waals surface area contributed by atoms with Crippen molar-refractivity contribution in [1.82, 2.24) is 9.88 Å². The number of hydrogen-bond acceptors (Lipinski definition) is 5. The van der Waals surface area contributed by atoms with E-state index >= 15 is 0 Å². The van der Waals surface area contributed by atoms with E-state index in [-0.39, 0.29) is 0 Å². The van der Waals surface area contributed by atoms with Crippen molar-refractivity contribution in [3.63, 3.8) is 0 Å². The minimum atomic E-state index is -1.29. The highest BCUT2D eigenvalue weighted by Crippen LogP contribution is 2.21. The van der Waals surface area contributed by atoms with Crippen molar-refractivity contribution in [3.8, 4) is 0 Å². The molecule has 0 saturated carbocycles. The fraction of sp³-hybridized carbons (Fsp3) is 0.167. The van der Waals surface area contributed by atoms with E-state index in [1.54, 1.807) is 23.7 Å². The Hall–Kier alpha value is -2.68. The summed E-state index contributed by atoms with van der Waals surface area (Å²) in [5, 5.41) is 19.9. The minimum Gasteiger partial charge on any atom is -0.480 e. The van der Waals surface area contributed by atoms with Gasteiger partial charge in [0.2, 0.25) is 0 Å². The molecular formula is C12H11N3O5S. The number of aliphatic carboxylic acids is 2. The van der Waals surface area contributed by atoms with Gasteiger partial charge in [0.25, 0.3) is 0 Å². The molecule has 0 fully saturated rings. The molecule has 3 N–H and O–H groups in total. The maximum atomic E-state index is 11.9. The zero-order chi connectivity index (χ0) is 15.4. The molecule has 1 aromatic heterocycles. The lowest BCUT2D eigenvalue weighted by atomic mass is 10.3. The van der Waals surface area contributed by atoms with Gasteiger partial charge in [0.1, 0.15) is 13.1 Å². The second kappa shape index (κ2) is 6.18. The summed E-state index contributed by atoms with van der Waals surface area (Å²) in [5.41, 5.74) is 2.89. The lowest BCUT2D eigenvalue weighted by molar-refractivity contribution is -0.140. The molecule has 0 aliphatic heterocycles. The maximum Gasteiger partial charge on any atom is 0.323 e. The molecule has 9 heteroatoms. The quantitative estimate of drug-likeness (QED) is 0.765. The SMILES string of the molecule is O=C(O)CN(CC(=O)O)C(=O)Nc1ccc2ncsc2c1. The van der Waals surface area contributed by atoms with E-state index in [2.05, 4.69) is 10.3 Å². The summed E-state index contributed by atoms with van der Waals surface area (Å²) >= 11 is 1.39. The fourth-order valence-electron chi connectivity index (χ4n) is 1.66. The van der Waals surface area contributed by atoms with Gasteiger partial charge in [0, 0.05) is 5.69 Å². The Balaban J connectivity index is 2.12.